The van der Waals surface area contributed by atoms with E-state index in [1.54, 1.807) is 6.26 Å². The molecule has 3 nitrogen and oxygen atoms in total. The maximum Gasteiger partial charge on any atom is 0.125 e. The molecule has 2 aromatic rings. The molecule has 0 amide bonds. The van der Waals surface area contributed by atoms with Crippen LogP contribution < -0.4 is 10.1 Å². The van der Waals surface area contributed by atoms with Gasteiger partial charge >= 0.3 is 0 Å². The third kappa shape index (κ3) is 2.74. The highest BCUT2D eigenvalue weighted by Crippen LogP contribution is 2.30. The lowest BCUT2D eigenvalue weighted by molar-refractivity contribution is 0.330. The third-order valence-corrected chi connectivity index (χ3v) is 2.77. The van der Waals surface area contributed by atoms with Crippen molar-refractivity contribution in [3.8, 4) is 5.75 Å². The van der Waals surface area contributed by atoms with Crippen molar-refractivity contribution in [1.29, 1.82) is 0 Å². The summed E-state index contributed by atoms with van der Waals surface area (Å²) in [7, 11) is 0. The van der Waals surface area contributed by atoms with Crippen molar-refractivity contribution in [3.63, 3.8) is 0 Å². The van der Waals surface area contributed by atoms with E-state index in [2.05, 4.69) is 18.3 Å². The van der Waals surface area contributed by atoms with Crippen LogP contribution in [0.15, 0.2) is 47.1 Å². The van der Waals surface area contributed by atoms with E-state index >= 15 is 0 Å². The minimum atomic E-state index is 0.0350. The van der Waals surface area contributed by atoms with Crippen LogP contribution in [0, 0.1) is 0 Å². The normalized spacial score (nSPS) is 12.3. The Hall–Kier alpha value is -1.74. The number of nitrogens with one attached hydrogen (secondary N) is 1. The summed E-state index contributed by atoms with van der Waals surface area (Å²) < 4.78 is 11.2. The first-order valence-corrected chi connectivity index (χ1v) is 6.35. The molecule has 0 aliphatic heterocycles. The Kier molecular flexibility index (Phi) is 4.42. The van der Waals surface area contributed by atoms with Gasteiger partial charge in [0.25, 0.3) is 0 Å². The van der Waals surface area contributed by atoms with Crippen LogP contribution >= 0.6 is 0 Å². The third-order valence-electron chi connectivity index (χ3n) is 2.77. The first-order chi connectivity index (χ1) is 8.86. The van der Waals surface area contributed by atoms with Crippen molar-refractivity contribution < 1.29 is 9.15 Å². The fraction of sp³-hybridized carbons (Fsp3) is 0.333. The average molecular weight is 245 g/mol. The number of benzene rings is 1. The lowest BCUT2D eigenvalue weighted by Gasteiger charge is -2.19. The largest absolute Gasteiger partial charge is 0.494 e. The Morgan fingerprint density at radius 1 is 1.17 bits per heavy atom. The van der Waals surface area contributed by atoms with Crippen LogP contribution in [0.25, 0.3) is 0 Å². The summed E-state index contributed by atoms with van der Waals surface area (Å²) >= 11 is 0. The highest BCUT2D eigenvalue weighted by molar-refractivity contribution is 5.39. The van der Waals surface area contributed by atoms with Gasteiger partial charge < -0.3 is 14.5 Å². The second-order valence-corrected chi connectivity index (χ2v) is 3.98. The molecule has 1 unspecified atom stereocenters. The Bertz CT molecular complexity index is 465. The number of furan rings is 1. The summed E-state index contributed by atoms with van der Waals surface area (Å²) in [6.45, 7) is 5.60. The van der Waals surface area contributed by atoms with Crippen LogP contribution in [0.1, 0.15) is 31.2 Å². The van der Waals surface area contributed by atoms with Crippen LogP contribution in [-0.4, -0.2) is 13.2 Å². The molecule has 2 rings (SSSR count). The molecule has 0 radical (unpaired) electrons. The van der Waals surface area contributed by atoms with Crippen molar-refractivity contribution in [2.75, 3.05) is 13.2 Å². The van der Waals surface area contributed by atoms with E-state index in [1.165, 1.54) is 0 Å². The Balaban J connectivity index is 2.36. The fourth-order valence-corrected chi connectivity index (χ4v) is 2.03. The van der Waals surface area contributed by atoms with E-state index in [1.807, 2.05) is 37.3 Å². The zero-order valence-electron chi connectivity index (χ0n) is 10.8. The first-order valence-electron chi connectivity index (χ1n) is 6.35. The number of hydrogen-bond donors (Lipinski definition) is 1. The molecule has 1 aromatic heterocycles. The van der Waals surface area contributed by atoms with Crippen LogP contribution in [0.2, 0.25) is 0 Å². The summed E-state index contributed by atoms with van der Waals surface area (Å²) in [6.07, 6.45) is 1.70. The fourth-order valence-electron chi connectivity index (χ4n) is 2.03. The molecular weight excluding hydrogens is 226 g/mol. The van der Waals surface area contributed by atoms with Gasteiger partial charge in [-0.05, 0) is 31.7 Å². The van der Waals surface area contributed by atoms with E-state index in [0.717, 1.165) is 23.6 Å². The topological polar surface area (TPSA) is 34.4 Å². The molecule has 0 bridgehead atoms. The molecule has 0 aliphatic carbocycles. The minimum Gasteiger partial charge on any atom is -0.494 e. The predicted molar refractivity (Wildman–Crippen MR) is 71.8 cm³/mol. The summed E-state index contributed by atoms with van der Waals surface area (Å²) in [6, 6.07) is 12.0. The zero-order chi connectivity index (χ0) is 12.8. The monoisotopic (exact) mass is 245 g/mol. The lowest BCUT2D eigenvalue weighted by atomic mass is 10.0. The molecule has 96 valence electrons. The molecular formula is C15H19NO2. The number of hydrogen-bond acceptors (Lipinski definition) is 3. The van der Waals surface area contributed by atoms with Crippen LogP contribution in [0.3, 0.4) is 0 Å². The molecule has 0 aliphatic rings. The van der Waals surface area contributed by atoms with Crippen molar-refractivity contribution in [2.24, 2.45) is 0 Å². The smallest absolute Gasteiger partial charge is 0.125 e. The maximum atomic E-state index is 5.68. The molecule has 1 aromatic carbocycles. The van der Waals surface area contributed by atoms with Gasteiger partial charge in [0.2, 0.25) is 0 Å². The van der Waals surface area contributed by atoms with E-state index in [4.69, 9.17) is 9.15 Å². The second-order valence-electron chi connectivity index (χ2n) is 3.98. The lowest BCUT2D eigenvalue weighted by Crippen LogP contribution is -2.22. The Morgan fingerprint density at radius 2 is 2.00 bits per heavy atom. The minimum absolute atomic E-state index is 0.0350. The summed E-state index contributed by atoms with van der Waals surface area (Å²) in [4.78, 5) is 0. The van der Waals surface area contributed by atoms with Crippen molar-refractivity contribution >= 4 is 0 Å². The van der Waals surface area contributed by atoms with Crippen molar-refractivity contribution in [3.05, 3.63) is 54.0 Å². The number of rotatable bonds is 6. The van der Waals surface area contributed by atoms with Gasteiger partial charge in [0.1, 0.15) is 11.5 Å². The van der Waals surface area contributed by atoms with Crippen LogP contribution in [-0.2, 0) is 0 Å². The quantitative estimate of drug-likeness (QED) is 0.847. The molecule has 0 spiro atoms. The average Bonchev–Trinajstić information content (AvgIpc) is 2.91. The van der Waals surface area contributed by atoms with Gasteiger partial charge in [0, 0.05) is 5.56 Å². The SMILES string of the molecule is CCNC(c1ccco1)c1ccccc1OCC. The van der Waals surface area contributed by atoms with Crippen molar-refractivity contribution in [1.82, 2.24) is 5.32 Å². The van der Waals surface area contributed by atoms with Gasteiger partial charge in [-0.25, -0.2) is 0 Å². The molecule has 1 atom stereocenters. The molecule has 0 fully saturated rings. The molecule has 3 heteroatoms. The van der Waals surface area contributed by atoms with E-state index in [-0.39, 0.29) is 6.04 Å². The number of ether oxygens (including phenoxy) is 1. The first kappa shape index (κ1) is 12.7. The van der Waals surface area contributed by atoms with E-state index < -0.39 is 0 Å². The summed E-state index contributed by atoms with van der Waals surface area (Å²) in [5, 5.41) is 3.43. The Labute approximate surface area is 108 Å². The molecule has 1 N–H and O–H groups in total. The second kappa shape index (κ2) is 6.26. The van der Waals surface area contributed by atoms with Gasteiger partial charge in [-0.15, -0.1) is 0 Å². The van der Waals surface area contributed by atoms with Crippen LogP contribution in [0.5, 0.6) is 5.75 Å². The standard InChI is InChI=1S/C15H19NO2/c1-3-16-15(14-10-7-11-18-14)12-8-5-6-9-13(12)17-4-2/h5-11,15-16H,3-4H2,1-2H3. The van der Waals surface area contributed by atoms with Gasteiger partial charge in [-0.2, -0.15) is 0 Å². The van der Waals surface area contributed by atoms with Crippen molar-refractivity contribution in [2.45, 2.75) is 19.9 Å². The van der Waals surface area contributed by atoms with Gasteiger partial charge in [0.05, 0.1) is 18.9 Å². The molecule has 1 heterocycles. The molecule has 0 saturated carbocycles. The van der Waals surface area contributed by atoms with Gasteiger partial charge in [-0.1, -0.05) is 25.1 Å². The number of para-hydroxylation sites is 1. The molecule has 18 heavy (non-hydrogen) atoms. The predicted octanol–water partition coefficient (Wildman–Crippen LogP) is 3.38. The van der Waals surface area contributed by atoms with Crippen LogP contribution in [0.4, 0.5) is 0 Å². The summed E-state index contributed by atoms with van der Waals surface area (Å²) in [5.74, 6) is 1.81. The van der Waals surface area contributed by atoms with Gasteiger partial charge in [0.15, 0.2) is 0 Å². The van der Waals surface area contributed by atoms with E-state index in [9.17, 15) is 0 Å². The highest BCUT2D eigenvalue weighted by Gasteiger charge is 2.19. The van der Waals surface area contributed by atoms with Gasteiger partial charge in [-0.3, -0.25) is 0 Å². The maximum absolute atomic E-state index is 5.68. The Morgan fingerprint density at radius 3 is 2.67 bits per heavy atom. The zero-order valence-corrected chi connectivity index (χ0v) is 10.8. The molecule has 0 saturated heterocycles. The summed E-state index contributed by atoms with van der Waals surface area (Å²) in [5.41, 5.74) is 1.11. The van der Waals surface area contributed by atoms with E-state index in [0.29, 0.717) is 6.61 Å². The highest BCUT2D eigenvalue weighted by atomic mass is 16.5.